The van der Waals surface area contributed by atoms with Gasteiger partial charge in [0.2, 0.25) is 0 Å². The Hall–Kier alpha value is -2.65. The first-order chi connectivity index (χ1) is 13.8. The number of benzene rings is 2. The Balaban J connectivity index is 1.85. The van der Waals surface area contributed by atoms with Crippen LogP contribution in [-0.4, -0.2) is 4.98 Å². The van der Waals surface area contributed by atoms with Crippen LogP contribution in [0.2, 0.25) is 0 Å². The van der Waals surface area contributed by atoms with Crippen LogP contribution in [0.1, 0.15) is 42.3 Å². The van der Waals surface area contributed by atoms with Crippen molar-refractivity contribution >= 4 is 43.4 Å². The lowest BCUT2D eigenvalue weighted by atomic mass is 9.84. The van der Waals surface area contributed by atoms with Crippen LogP contribution in [-0.2, 0) is 5.41 Å². The molecule has 0 amide bonds. The second-order valence-electron chi connectivity index (χ2n) is 9.02. The highest BCUT2D eigenvalue weighted by atomic mass is 32.1. The first kappa shape index (κ1) is 18.4. The van der Waals surface area contributed by atoms with E-state index in [1.54, 1.807) is 0 Å². The fourth-order valence-corrected chi connectivity index (χ4v) is 5.45. The van der Waals surface area contributed by atoms with Gasteiger partial charge in [-0.25, -0.2) is 0 Å². The second kappa shape index (κ2) is 6.17. The van der Waals surface area contributed by atoms with Crippen LogP contribution < -0.4 is 0 Å². The number of fused-ring (bicyclic) bond motifs is 5. The maximum Gasteiger partial charge on any atom is 0.144 e. The molecule has 3 heteroatoms. The molecule has 0 aliphatic rings. The quantitative estimate of drug-likeness (QED) is 0.285. The summed E-state index contributed by atoms with van der Waals surface area (Å²) in [7, 11) is 0. The first-order valence-electron chi connectivity index (χ1n) is 10.1. The van der Waals surface area contributed by atoms with E-state index in [2.05, 4.69) is 77.9 Å². The minimum absolute atomic E-state index is 0.0705. The Kier molecular flexibility index (Phi) is 3.91. The summed E-state index contributed by atoms with van der Waals surface area (Å²) in [5, 5.41) is 3.58. The lowest BCUT2D eigenvalue weighted by molar-refractivity contribution is 0.585. The van der Waals surface area contributed by atoms with Gasteiger partial charge in [-0.3, -0.25) is 4.98 Å². The van der Waals surface area contributed by atoms with Crippen molar-refractivity contribution in [2.45, 2.75) is 47.0 Å². The molecule has 0 spiro atoms. The Morgan fingerprint density at radius 3 is 2.45 bits per heavy atom. The van der Waals surface area contributed by atoms with E-state index >= 15 is 0 Å². The SMILES string of the molecule is Cc1cnc(-c2cccc3c2oc2c3ccc3sc(C)c(C)c32)cc1C(C)(C)C. The molecule has 0 aliphatic carbocycles. The zero-order chi connectivity index (χ0) is 20.5. The molecule has 3 heterocycles. The zero-order valence-corrected chi connectivity index (χ0v) is 18.6. The summed E-state index contributed by atoms with van der Waals surface area (Å²) in [6.45, 7) is 13.3. The normalized spacial score (nSPS) is 12.5. The molecule has 0 fully saturated rings. The third kappa shape index (κ3) is 2.71. The van der Waals surface area contributed by atoms with E-state index in [-0.39, 0.29) is 5.41 Å². The summed E-state index contributed by atoms with van der Waals surface area (Å²) >= 11 is 1.84. The van der Waals surface area contributed by atoms with Gasteiger partial charge in [0.1, 0.15) is 11.2 Å². The number of hydrogen-bond donors (Lipinski definition) is 0. The predicted molar refractivity (Wildman–Crippen MR) is 125 cm³/mol. The van der Waals surface area contributed by atoms with E-state index in [9.17, 15) is 0 Å². The van der Waals surface area contributed by atoms with Gasteiger partial charge in [0.25, 0.3) is 0 Å². The van der Waals surface area contributed by atoms with Crippen LogP contribution in [0, 0.1) is 20.8 Å². The second-order valence-corrected chi connectivity index (χ2v) is 10.3. The first-order valence-corrected chi connectivity index (χ1v) is 10.9. The summed E-state index contributed by atoms with van der Waals surface area (Å²) in [5.41, 5.74) is 7.89. The summed E-state index contributed by atoms with van der Waals surface area (Å²) in [4.78, 5) is 6.12. The third-order valence-corrected chi connectivity index (χ3v) is 7.15. The van der Waals surface area contributed by atoms with Crippen molar-refractivity contribution in [1.82, 2.24) is 4.98 Å². The lowest BCUT2D eigenvalue weighted by Gasteiger charge is -2.22. The Labute approximate surface area is 175 Å². The molecule has 146 valence electrons. The van der Waals surface area contributed by atoms with E-state index in [1.165, 1.54) is 37.0 Å². The summed E-state index contributed by atoms with van der Waals surface area (Å²) < 4.78 is 7.86. The monoisotopic (exact) mass is 399 g/mol. The van der Waals surface area contributed by atoms with Gasteiger partial charge in [0.05, 0.1) is 5.69 Å². The maximum atomic E-state index is 6.57. The third-order valence-electron chi connectivity index (χ3n) is 5.98. The Bertz CT molecular complexity index is 1410. The number of aryl methyl sites for hydroxylation is 3. The van der Waals surface area contributed by atoms with Crippen molar-refractivity contribution in [2.75, 3.05) is 0 Å². The molecular weight excluding hydrogens is 374 g/mol. The van der Waals surface area contributed by atoms with Crippen LogP contribution in [0.3, 0.4) is 0 Å². The molecule has 0 N–H and O–H groups in total. The van der Waals surface area contributed by atoms with Crippen molar-refractivity contribution in [1.29, 1.82) is 0 Å². The summed E-state index contributed by atoms with van der Waals surface area (Å²) in [6, 6.07) is 13.0. The molecule has 3 aromatic heterocycles. The van der Waals surface area contributed by atoms with Gasteiger partial charge in [0.15, 0.2) is 0 Å². The lowest BCUT2D eigenvalue weighted by Crippen LogP contribution is -2.13. The van der Waals surface area contributed by atoms with Gasteiger partial charge in [-0.05, 0) is 67.1 Å². The fraction of sp³-hybridized carbons (Fsp3) is 0.269. The molecule has 0 radical (unpaired) electrons. The molecule has 2 aromatic carbocycles. The number of hydrogen-bond acceptors (Lipinski definition) is 3. The van der Waals surface area contributed by atoms with Crippen LogP contribution in [0.25, 0.3) is 43.3 Å². The van der Waals surface area contributed by atoms with Crippen LogP contribution in [0.5, 0.6) is 0 Å². The van der Waals surface area contributed by atoms with Gasteiger partial charge in [-0.1, -0.05) is 32.9 Å². The van der Waals surface area contributed by atoms with Crippen molar-refractivity contribution < 1.29 is 4.42 Å². The minimum Gasteiger partial charge on any atom is -0.455 e. The highest BCUT2D eigenvalue weighted by Crippen LogP contribution is 2.42. The number of nitrogens with zero attached hydrogens (tertiary/aromatic N) is 1. The average molecular weight is 400 g/mol. The van der Waals surface area contributed by atoms with E-state index in [0.29, 0.717) is 0 Å². The number of para-hydroxylation sites is 1. The average Bonchev–Trinajstić information content (AvgIpc) is 3.18. The molecule has 0 bridgehead atoms. The van der Waals surface area contributed by atoms with Gasteiger partial charge in [0, 0.05) is 37.5 Å². The van der Waals surface area contributed by atoms with Gasteiger partial charge in [-0.15, -0.1) is 11.3 Å². The number of aromatic nitrogens is 1. The highest BCUT2D eigenvalue weighted by molar-refractivity contribution is 7.19. The van der Waals surface area contributed by atoms with Crippen molar-refractivity contribution in [2.24, 2.45) is 0 Å². The Morgan fingerprint density at radius 1 is 0.931 bits per heavy atom. The molecule has 0 aliphatic heterocycles. The van der Waals surface area contributed by atoms with Gasteiger partial charge < -0.3 is 4.42 Å². The standard InChI is InChI=1S/C26H25NOS/c1-14-13-27-21(12-20(14)26(4,5)6)19-9-7-8-17-18-10-11-22-23(15(2)16(3)29-22)25(18)28-24(17)19/h7-13H,1-6H3. The van der Waals surface area contributed by atoms with E-state index < -0.39 is 0 Å². The van der Waals surface area contributed by atoms with Gasteiger partial charge >= 0.3 is 0 Å². The number of furan rings is 1. The largest absolute Gasteiger partial charge is 0.455 e. The maximum absolute atomic E-state index is 6.57. The van der Waals surface area contributed by atoms with Crippen molar-refractivity contribution in [3.05, 3.63) is 64.2 Å². The number of thiophene rings is 1. The highest BCUT2D eigenvalue weighted by Gasteiger charge is 2.20. The Morgan fingerprint density at radius 2 is 1.69 bits per heavy atom. The van der Waals surface area contributed by atoms with Crippen molar-refractivity contribution in [3.63, 3.8) is 0 Å². The van der Waals surface area contributed by atoms with Crippen molar-refractivity contribution in [3.8, 4) is 11.3 Å². The molecule has 0 unspecified atom stereocenters. The predicted octanol–water partition coefficient (Wildman–Crippen LogP) is 8.09. The van der Waals surface area contributed by atoms with E-state index in [0.717, 1.165) is 27.8 Å². The topological polar surface area (TPSA) is 26.0 Å². The molecule has 0 saturated heterocycles. The van der Waals surface area contributed by atoms with Gasteiger partial charge in [-0.2, -0.15) is 0 Å². The van der Waals surface area contributed by atoms with E-state index in [4.69, 9.17) is 9.40 Å². The zero-order valence-electron chi connectivity index (χ0n) is 17.8. The molecule has 0 saturated carbocycles. The summed E-state index contributed by atoms with van der Waals surface area (Å²) in [5.74, 6) is 0. The molecular formula is C26H25NOS. The number of pyridine rings is 1. The molecule has 5 aromatic rings. The van der Waals surface area contributed by atoms with Crippen LogP contribution in [0.4, 0.5) is 0 Å². The molecule has 0 atom stereocenters. The van der Waals surface area contributed by atoms with Crippen LogP contribution >= 0.6 is 11.3 Å². The smallest absolute Gasteiger partial charge is 0.144 e. The fourth-order valence-electron chi connectivity index (χ4n) is 4.38. The summed E-state index contributed by atoms with van der Waals surface area (Å²) in [6.07, 6.45) is 1.99. The molecule has 29 heavy (non-hydrogen) atoms. The minimum atomic E-state index is 0.0705. The number of rotatable bonds is 1. The molecule has 5 rings (SSSR count). The molecule has 2 nitrogen and oxygen atoms in total. The van der Waals surface area contributed by atoms with E-state index in [1.807, 2.05) is 17.5 Å². The van der Waals surface area contributed by atoms with Crippen LogP contribution in [0.15, 0.2) is 47.0 Å².